The molecule has 1 aliphatic carbocycles. The zero-order valence-electron chi connectivity index (χ0n) is 9.71. The van der Waals surface area contributed by atoms with Gasteiger partial charge in [0.15, 0.2) is 0 Å². The molecule has 0 radical (unpaired) electrons. The maximum Gasteiger partial charge on any atom is 0.121 e. The first kappa shape index (κ1) is 10.8. The summed E-state index contributed by atoms with van der Waals surface area (Å²) in [6, 6.07) is 8.35. The van der Waals surface area contributed by atoms with Crippen LogP contribution in [-0.4, -0.2) is 13.7 Å². The molecule has 0 unspecified atom stereocenters. The summed E-state index contributed by atoms with van der Waals surface area (Å²) in [5.41, 5.74) is 2.06. The minimum atomic E-state index is -0.103. The lowest BCUT2D eigenvalue weighted by Gasteiger charge is -2.11. The molecule has 2 rings (SSSR count). The number of ether oxygens (including phenoxy) is 1. The smallest absolute Gasteiger partial charge is 0.121 e. The molecular weight excluding hydrogens is 200 g/mol. The molecule has 0 atom stereocenters. The standard InChI is InChI=1S/C13H16N2O/c1-10-7-11(3-4-12(10)16-2)15-9-13(8-14)5-6-13/h3-4,7,15H,5-6,9H2,1-2H3. The molecule has 1 N–H and O–H groups in total. The minimum Gasteiger partial charge on any atom is -0.496 e. The Hall–Kier alpha value is -1.69. The Morgan fingerprint density at radius 2 is 2.25 bits per heavy atom. The van der Waals surface area contributed by atoms with E-state index in [1.807, 2.05) is 25.1 Å². The van der Waals surface area contributed by atoms with Crippen molar-refractivity contribution in [2.24, 2.45) is 5.41 Å². The van der Waals surface area contributed by atoms with E-state index in [1.54, 1.807) is 7.11 Å². The highest BCUT2D eigenvalue weighted by molar-refractivity contribution is 5.51. The van der Waals surface area contributed by atoms with E-state index in [-0.39, 0.29) is 5.41 Å². The SMILES string of the molecule is COc1ccc(NCC2(C#N)CC2)cc1C. The molecule has 0 amide bonds. The van der Waals surface area contributed by atoms with Crippen LogP contribution in [0.3, 0.4) is 0 Å². The van der Waals surface area contributed by atoms with Crippen molar-refractivity contribution in [2.45, 2.75) is 19.8 Å². The lowest BCUT2D eigenvalue weighted by Crippen LogP contribution is -2.13. The van der Waals surface area contributed by atoms with Crippen LogP contribution in [0.25, 0.3) is 0 Å². The minimum absolute atomic E-state index is 0.103. The molecule has 1 aromatic carbocycles. The molecule has 0 aliphatic heterocycles. The number of anilines is 1. The third kappa shape index (κ3) is 2.11. The average molecular weight is 216 g/mol. The van der Waals surface area contributed by atoms with Gasteiger partial charge in [-0.3, -0.25) is 0 Å². The number of rotatable bonds is 4. The first-order valence-electron chi connectivity index (χ1n) is 5.49. The van der Waals surface area contributed by atoms with Gasteiger partial charge in [-0.1, -0.05) is 0 Å². The summed E-state index contributed by atoms with van der Waals surface area (Å²) in [4.78, 5) is 0. The molecule has 0 aromatic heterocycles. The van der Waals surface area contributed by atoms with E-state index in [1.165, 1.54) is 0 Å². The second kappa shape index (κ2) is 4.05. The summed E-state index contributed by atoms with van der Waals surface area (Å²) in [5.74, 6) is 0.895. The van der Waals surface area contributed by atoms with E-state index in [9.17, 15) is 0 Å². The number of hydrogen-bond donors (Lipinski definition) is 1. The van der Waals surface area contributed by atoms with Crippen molar-refractivity contribution >= 4 is 5.69 Å². The molecule has 1 aromatic rings. The predicted octanol–water partition coefficient (Wildman–Crippen LogP) is 2.72. The summed E-state index contributed by atoms with van der Waals surface area (Å²) in [6.07, 6.45) is 2.04. The lowest BCUT2D eigenvalue weighted by molar-refractivity contribution is 0.412. The van der Waals surface area contributed by atoms with Crippen LogP contribution in [0.1, 0.15) is 18.4 Å². The molecule has 1 aliphatic rings. The maximum absolute atomic E-state index is 8.96. The van der Waals surface area contributed by atoms with E-state index in [4.69, 9.17) is 10.00 Å². The van der Waals surface area contributed by atoms with Crippen molar-refractivity contribution in [3.63, 3.8) is 0 Å². The second-order valence-electron chi connectivity index (χ2n) is 4.43. The van der Waals surface area contributed by atoms with Gasteiger partial charge in [0, 0.05) is 12.2 Å². The molecule has 1 fully saturated rings. The van der Waals surface area contributed by atoms with Gasteiger partial charge in [-0.2, -0.15) is 5.26 Å². The Morgan fingerprint density at radius 3 is 2.75 bits per heavy atom. The lowest BCUT2D eigenvalue weighted by atomic mass is 10.1. The van der Waals surface area contributed by atoms with Crippen LogP contribution in [0, 0.1) is 23.7 Å². The van der Waals surface area contributed by atoms with Crippen LogP contribution in [0.2, 0.25) is 0 Å². The molecule has 0 spiro atoms. The van der Waals surface area contributed by atoms with Crippen molar-refractivity contribution in [1.29, 1.82) is 5.26 Å². The molecule has 84 valence electrons. The van der Waals surface area contributed by atoms with Gasteiger partial charge in [0.2, 0.25) is 0 Å². The van der Waals surface area contributed by atoms with Crippen LogP contribution in [0.15, 0.2) is 18.2 Å². The van der Waals surface area contributed by atoms with Gasteiger partial charge >= 0.3 is 0 Å². The largest absolute Gasteiger partial charge is 0.496 e. The molecule has 0 heterocycles. The van der Waals surface area contributed by atoms with Gasteiger partial charge in [0.05, 0.1) is 18.6 Å². The summed E-state index contributed by atoms with van der Waals surface area (Å²) in [6.45, 7) is 2.76. The highest BCUT2D eigenvalue weighted by Gasteiger charge is 2.42. The Morgan fingerprint density at radius 1 is 1.50 bits per heavy atom. The number of nitrogens with one attached hydrogen (secondary N) is 1. The van der Waals surface area contributed by atoms with Crippen molar-refractivity contribution < 1.29 is 4.74 Å². The molecule has 16 heavy (non-hydrogen) atoms. The van der Waals surface area contributed by atoms with Crippen LogP contribution < -0.4 is 10.1 Å². The quantitative estimate of drug-likeness (QED) is 0.841. The molecule has 1 saturated carbocycles. The first-order valence-corrected chi connectivity index (χ1v) is 5.49. The Balaban J connectivity index is 2.00. The molecule has 3 heteroatoms. The van der Waals surface area contributed by atoms with Crippen LogP contribution in [-0.2, 0) is 0 Å². The van der Waals surface area contributed by atoms with E-state index < -0.39 is 0 Å². The van der Waals surface area contributed by atoms with Gasteiger partial charge in [-0.05, 0) is 43.5 Å². The van der Waals surface area contributed by atoms with Crippen LogP contribution >= 0.6 is 0 Å². The van der Waals surface area contributed by atoms with Crippen molar-refractivity contribution in [3.05, 3.63) is 23.8 Å². The van der Waals surface area contributed by atoms with E-state index >= 15 is 0 Å². The summed E-state index contributed by atoms with van der Waals surface area (Å²) in [5, 5.41) is 12.3. The Kier molecular flexibility index (Phi) is 2.74. The normalized spacial score (nSPS) is 16.3. The Bertz CT molecular complexity index is 430. The maximum atomic E-state index is 8.96. The molecule has 0 saturated heterocycles. The fraction of sp³-hybridized carbons (Fsp3) is 0.462. The number of methoxy groups -OCH3 is 1. The van der Waals surface area contributed by atoms with Gasteiger partial charge < -0.3 is 10.1 Å². The van der Waals surface area contributed by atoms with Crippen LogP contribution in [0.4, 0.5) is 5.69 Å². The topological polar surface area (TPSA) is 45.0 Å². The van der Waals surface area contributed by atoms with Crippen molar-refractivity contribution in [1.82, 2.24) is 0 Å². The van der Waals surface area contributed by atoms with Crippen molar-refractivity contribution in [3.8, 4) is 11.8 Å². The van der Waals surface area contributed by atoms with Gasteiger partial charge in [-0.15, -0.1) is 0 Å². The third-order valence-electron chi connectivity index (χ3n) is 3.12. The average Bonchev–Trinajstić information content (AvgIpc) is 3.07. The fourth-order valence-electron chi connectivity index (χ4n) is 1.74. The zero-order valence-corrected chi connectivity index (χ0v) is 9.71. The number of hydrogen-bond acceptors (Lipinski definition) is 3. The number of nitrogens with zero attached hydrogens (tertiary/aromatic N) is 1. The molecule has 3 nitrogen and oxygen atoms in total. The second-order valence-corrected chi connectivity index (χ2v) is 4.43. The van der Waals surface area contributed by atoms with Gasteiger partial charge in [0.25, 0.3) is 0 Å². The number of nitriles is 1. The monoisotopic (exact) mass is 216 g/mol. The number of aryl methyl sites for hydroxylation is 1. The predicted molar refractivity (Wildman–Crippen MR) is 63.5 cm³/mol. The van der Waals surface area contributed by atoms with Crippen LogP contribution in [0.5, 0.6) is 5.75 Å². The van der Waals surface area contributed by atoms with E-state index in [0.717, 1.165) is 36.4 Å². The van der Waals surface area contributed by atoms with E-state index in [0.29, 0.717) is 0 Å². The zero-order chi connectivity index (χ0) is 11.6. The number of benzene rings is 1. The highest BCUT2D eigenvalue weighted by atomic mass is 16.5. The van der Waals surface area contributed by atoms with E-state index in [2.05, 4.69) is 11.4 Å². The van der Waals surface area contributed by atoms with Crippen molar-refractivity contribution in [2.75, 3.05) is 19.0 Å². The first-order chi connectivity index (χ1) is 7.69. The highest BCUT2D eigenvalue weighted by Crippen LogP contribution is 2.44. The van der Waals surface area contributed by atoms with Gasteiger partial charge in [-0.25, -0.2) is 0 Å². The summed E-state index contributed by atoms with van der Waals surface area (Å²) >= 11 is 0. The van der Waals surface area contributed by atoms with Gasteiger partial charge in [0.1, 0.15) is 5.75 Å². The molecular formula is C13H16N2O. The Labute approximate surface area is 96.0 Å². The molecule has 0 bridgehead atoms. The third-order valence-corrected chi connectivity index (χ3v) is 3.12. The summed E-state index contributed by atoms with van der Waals surface area (Å²) < 4.78 is 5.20. The summed E-state index contributed by atoms with van der Waals surface area (Å²) in [7, 11) is 1.67. The fourth-order valence-corrected chi connectivity index (χ4v) is 1.74.